The van der Waals surface area contributed by atoms with Gasteiger partial charge in [-0.05, 0) is 38.4 Å². The summed E-state index contributed by atoms with van der Waals surface area (Å²) in [6.07, 6.45) is -5.03. The number of azide groups is 1. The molecule has 1 aromatic rings. The summed E-state index contributed by atoms with van der Waals surface area (Å²) in [6.45, 7) is 5.42. The van der Waals surface area contributed by atoms with E-state index in [2.05, 4.69) is 10.0 Å². The maximum atomic E-state index is 12.7. The zero-order valence-corrected chi connectivity index (χ0v) is 17.9. The van der Waals surface area contributed by atoms with Gasteiger partial charge in [0.25, 0.3) is 10.1 Å². The Kier molecular flexibility index (Phi) is 7.81. The molecule has 0 bridgehead atoms. The van der Waals surface area contributed by atoms with E-state index in [0.29, 0.717) is 0 Å². The minimum absolute atomic E-state index is 0.123. The lowest BCUT2D eigenvalue weighted by molar-refractivity contribution is -0.166. The number of aliphatic hydroxyl groups excluding tert-OH is 1. The van der Waals surface area contributed by atoms with Gasteiger partial charge < -0.3 is 19.3 Å². The number of rotatable bonds is 9. The molecule has 30 heavy (non-hydrogen) atoms. The number of hydrogen-bond acceptors (Lipinski definition) is 9. The van der Waals surface area contributed by atoms with Gasteiger partial charge in [0.15, 0.2) is 5.79 Å². The van der Waals surface area contributed by atoms with E-state index in [4.69, 9.17) is 23.9 Å². The molecule has 0 aromatic heterocycles. The van der Waals surface area contributed by atoms with Gasteiger partial charge in [-0.15, -0.1) is 0 Å². The van der Waals surface area contributed by atoms with E-state index in [9.17, 15) is 18.3 Å². The van der Waals surface area contributed by atoms with Crippen LogP contribution in [0.15, 0.2) is 34.3 Å². The molecule has 1 N–H and O–H groups in total. The van der Waals surface area contributed by atoms with Crippen LogP contribution in [-0.4, -0.2) is 62.8 Å². The van der Waals surface area contributed by atoms with E-state index in [0.717, 1.165) is 12.5 Å². The molecular weight excluding hydrogens is 418 g/mol. The molecule has 0 saturated carbocycles. The number of ether oxygens (including phenoxy) is 3. The summed E-state index contributed by atoms with van der Waals surface area (Å²) in [4.78, 5) is 13.8. The topological polar surface area (TPSA) is 157 Å². The smallest absolute Gasteiger partial charge is 0.302 e. The Balaban J connectivity index is 2.29. The quantitative estimate of drug-likeness (QED) is 0.199. The van der Waals surface area contributed by atoms with Crippen molar-refractivity contribution in [2.24, 2.45) is 5.11 Å². The second-order valence-corrected chi connectivity index (χ2v) is 8.82. The van der Waals surface area contributed by atoms with Crippen molar-refractivity contribution in [2.75, 3.05) is 13.2 Å². The van der Waals surface area contributed by atoms with Crippen LogP contribution in [0.5, 0.6) is 0 Å². The number of aryl methyl sites for hydroxylation is 1. The molecule has 4 atom stereocenters. The Labute approximate surface area is 174 Å². The van der Waals surface area contributed by atoms with Crippen molar-refractivity contribution in [2.45, 2.75) is 62.8 Å². The van der Waals surface area contributed by atoms with Crippen molar-refractivity contribution < 1.29 is 36.7 Å². The molecular formula is C18H25N3O8S. The first-order chi connectivity index (χ1) is 13.9. The Hall–Kier alpha value is -2.21. The zero-order valence-electron chi connectivity index (χ0n) is 17.1. The number of carbonyl (C=O) groups excluding carboxylic acids is 1. The summed E-state index contributed by atoms with van der Waals surface area (Å²) in [5.41, 5.74) is 9.42. The van der Waals surface area contributed by atoms with Crippen LogP contribution >= 0.6 is 0 Å². The lowest BCUT2D eigenvalue weighted by Gasteiger charge is -2.28. The Morgan fingerprint density at radius 2 is 1.97 bits per heavy atom. The predicted octanol–water partition coefficient (Wildman–Crippen LogP) is 1.82. The van der Waals surface area contributed by atoms with Crippen LogP contribution in [0.3, 0.4) is 0 Å². The maximum Gasteiger partial charge on any atom is 0.302 e. The fraction of sp³-hybridized carbons (Fsp3) is 0.611. The Bertz CT molecular complexity index is 897. The predicted molar refractivity (Wildman–Crippen MR) is 104 cm³/mol. The first-order valence-corrected chi connectivity index (χ1v) is 10.5. The summed E-state index contributed by atoms with van der Waals surface area (Å²) < 4.78 is 46.8. The highest BCUT2D eigenvalue weighted by Crippen LogP contribution is 2.32. The molecule has 1 saturated heterocycles. The van der Waals surface area contributed by atoms with E-state index in [1.807, 2.05) is 0 Å². The largest absolute Gasteiger partial charge is 0.463 e. The highest BCUT2D eigenvalue weighted by molar-refractivity contribution is 7.86. The van der Waals surface area contributed by atoms with Crippen molar-refractivity contribution in [1.29, 1.82) is 0 Å². The number of aliphatic hydroxyl groups is 1. The van der Waals surface area contributed by atoms with E-state index in [1.165, 1.54) is 12.1 Å². The Morgan fingerprint density at radius 1 is 1.33 bits per heavy atom. The van der Waals surface area contributed by atoms with E-state index in [1.54, 1.807) is 32.9 Å². The summed E-state index contributed by atoms with van der Waals surface area (Å²) in [7, 11) is -4.29. The number of hydrogen-bond donors (Lipinski definition) is 1. The van der Waals surface area contributed by atoms with Crippen LogP contribution < -0.4 is 0 Å². The number of carbonyl (C=O) groups is 1. The highest BCUT2D eigenvalue weighted by atomic mass is 32.2. The standard InChI is InChI=1S/C18H25N3O8S/c1-11-5-7-13(8-6-11)30(24,25)29-15(10-26-12(2)22)16(23)17-14(9-20-21-19)27-18(3,4)28-17/h5-8,14-17,23H,9-10H2,1-4H3/t14-,15+,16+,17+/m0/s1. The van der Waals surface area contributed by atoms with Gasteiger partial charge in [0.1, 0.15) is 24.9 Å². The van der Waals surface area contributed by atoms with E-state index in [-0.39, 0.29) is 11.4 Å². The lowest BCUT2D eigenvalue weighted by atomic mass is 10.0. The molecule has 2 rings (SSSR count). The highest BCUT2D eigenvalue weighted by Gasteiger charge is 2.48. The van der Waals surface area contributed by atoms with Gasteiger partial charge in [-0.25, -0.2) is 0 Å². The minimum Gasteiger partial charge on any atom is -0.463 e. The third-order valence-electron chi connectivity index (χ3n) is 4.27. The Morgan fingerprint density at radius 3 is 2.53 bits per heavy atom. The minimum atomic E-state index is -4.29. The SMILES string of the molecule is CC(=O)OC[C@@H](OS(=O)(=O)c1ccc(C)cc1)[C@@H](O)[C@@H]1OC(C)(C)O[C@H]1CN=[N+]=[N-]. The van der Waals surface area contributed by atoms with Gasteiger partial charge in [0.05, 0.1) is 17.5 Å². The molecule has 1 aliphatic rings. The van der Waals surface area contributed by atoms with Crippen LogP contribution in [0.1, 0.15) is 26.3 Å². The van der Waals surface area contributed by atoms with Crippen LogP contribution in [0.25, 0.3) is 10.4 Å². The molecule has 1 heterocycles. The molecule has 12 heteroatoms. The summed E-state index contributed by atoms with van der Waals surface area (Å²) in [6, 6.07) is 5.92. The zero-order chi connectivity index (χ0) is 22.5. The first-order valence-electron chi connectivity index (χ1n) is 9.13. The molecule has 0 radical (unpaired) electrons. The second kappa shape index (κ2) is 9.73. The van der Waals surface area contributed by atoms with Crippen LogP contribution in [0.2, 0.25) is 0 Å². The molecule has 166 valence electrons. The first kappa shape index (κ1) is 24.1. The molecule has 1 fully saturated rings. The number of nitrogens with zero attached hydrogens (tertiary/aromatic N) is 3. The van der Waals surface area contributed by atoms with Crippen LogP contribution in [0, 0.1) is 6.92 Å². The third kappa shape index (κ3) is 6.39. The molecule has 11 nitrogen and oxygen atoms in total. The summed E-state index contributed by atoms with van der Waals surface area (Å²) >= 11 is 0. The molecule has 0 amide bonds. The normalized spacial score (nSPS) is 22.7. The van der Waals surface area contributed by atoms with Gasteiger partial charge in [-0.1, -0.05) is 22.8 Å². The van der Waals surface area contributed by atoms with Crippen molar-refractivity contribution in [1.82, 2.24) is 0 Å². The molecule has 0 spiro atoms. The van der Waals surface area contributed by atoms with Crippen molar-refractivity contribution in [3.8, 4) is 0 Å². The van der Waals surface area contributed by atoms with Gasteiger partial charge in [-0.3, -0.25) is 8.98 Å². The number of benzene rings is 1. The van der Waals surface area contributed by atoms with Crippen molar-refractivity contribution in [3.05, 3.63) is 40.3 Å². The summed E-state index contributed by atoms with van der Waals surface area (Å²) in [5.74, 6) is -1.80. The maximum absolute atomic E-state index is 12.7. The molecule has 0 aliphatic carbocycles. The van der Waals surface area contributed by atoms with Gasteiger partial charge in [0, 0.05) is 11.8 Å². The molecule has 1 aromatic carbocycles. The van der Waals surface area contributed by atoms with Crippen LogP contribution in [-0.2, 0) is 33.3 Å². The fourth-order valence-corrected chi connectivity index (χ4v) is 4.00. The van der Waals surface area contributed by atoms with Crippen molar-refractivity contribution in [3.63, 3.8) is 0 Å². The molecule has 0 unspecified atom stereocenters. The van der Waals surface area contributed by atoms with Crippen molar-refractivity contribution >= 4 is 16.1 Å². The average Bonchev–Trinajstić information content (AvgIpc) is 2.97. The van der Waals surface area contributed by atoms with Gasteiger partial charge in [-0.2, -0.15) is 8.42 Å². The lowest BCUT2D eigenvalue weighted by Crippen LogP contribution is -2.48. The van der Waals surface area contributed by atoms with Gasteiger partial charge in [0.2, 0.25) is 0 Å². The van der Waals surface area contributed by atoms with E-state index < -0.39 is 52.9 Å². The van der Waals surface area contributed by atoms with E-state index >= 15 is 0 Å². The average molecular weight is 443 g/mol. The second-order valence-electron chi connectivity index (χ2n) is 7.25. The fourth-order valence-electron chi connectivity index (χ4n) is 2.93. The molecule has 1 aliphatic heterocycles. The third-order valence-corrected chi connectivity index (χ3v) is 5.62. The van der Waals surface area contributed by atoms with Crippen LogP contribution in [0.4, 0.5) is 0 Å². The summed E-state index contributed by atoms with van der Waals surface area (Å²) in [5, 5.41) is 14.3. The monoisotopic (exact) mass is 443 g/mol. The number of esters is 1. The van der Waals surface area contributed by atoms with Gasteiger partial charge >= 0.3 is 5.97 Å².